The van der Waals surface area contributed by atoms with Crippen LogP contribution in [0, 0.1) is 0 Å². The molecule has 0 aromatic heterocycles. The summed E-state index contributed by atoms with van der Waals surface area (Å²) in [5, 5.41) is 0. The zero-order chi connectivity index (χ0) is 19.7. The van der Waals surface area contributed by atoms with Gasteiger partial charge in [0.15, 0.2) is 6.61 Å². The second-order valence-corrected chi connectivity index (χ2v) is 6.35. The Bertz CT molecular complexity index is 619. The number of para-hydroxylation sites is 2. The van der Waals surface area contributed by atoms with Gasteiger partial charge >= 0.3 is 17.9 Å². The average molecular weight is 367 g/mol. The lowest BCUT2D eigenvalue weighted by Crippen LogP contribution is -2.36. The molecule has 8 heteroatoms. The lowest BCUT2D eigenvalue weighted by Gasteiger charge is -2.25. The Balaban J connectivity index is 2.96. The van der Waals surface area contributed by atoms with Crippen LogP contribution in [0.25, 0.3) is 0 Å². The normalized spacial score (nSPS) is 10.7. The highest BCUT2D eigenvalue weighted by Crippen LogP contribution is 2.28. The molecule has 8 nitrogen and oxygen atoms in total. The summed E-state index contributed by atoms with van der Waals surface area (Å²) in [6.45, 7) is 4.60. The summed E-state index contributed by atoms with van der Waals surface area (Å²) >= 11 is 0. The fraction of sp³-hybridized carbons (Fsp3) is 0.500. The number of ether oxygens (including phenoxy) is 4. The Labute approximate surface area is 153 Å². The summed E-state index contributed by atoms with van der Waals surface area (Å²) in [6.07, 6.45) is 0. The summed E-state index contributed by atoms with van der Waals surface area (Å²) in [7, 11) is 2.51. The van der Waals surface area contributed by atoms with E-state index in [0.29, 0.717) is 11.4 Å². The van der Waals surface area contributed by atoms with Crippen molar-refractivity contribution in [1.82, 2.24) is 0 Å². The van der Waals surface area contributed by atoms with Crippen LogP contribution < -0.4 is 9.64 Å². The van der Waals surface area contributed by atoms with Crippen LogP contribution >= 0.6 is 0 Å². The molecule has 0 fully saturated rings. The van der Waals surface area contributed by atoms with Gasteiger partial charge in [-0.3, -0.25) is 9.59 Å². The van der Waals surface area contributed by atoms with E-state index >= 15 is 0 Å². The van der Waals surface area contributed by atoms with Gasteiger partial charge in [0.2, 0.25) is 0 Å². The Kier molecular flexibility index (Phi) is 7.89. The van der Waals surface area contributed by atoms with Gasteiger partial charge in [0.05, 0.1) is 19.9 Å². The van der Waals surface area contributed by atoms with Crippen LogP contribution in [-0.4, -0.2) is 57.4 Å². The van der Waals surface area contributed by atoms with E-state index in [2.05, 4.69) is 9.47 Å². The predicted octanol–water partition coefficient (Wildman–Crippen LogP) is 1.56. The summed E-state index contributed by atoms with van der Waals surface area (Å²) in [5.74, 6) is -1.27. The van der Waals surface area contributed by atoms with Gasteiger partial charge in [0.1, 0.15) is 24.4 Å². The van der Waals surface area contributed by atoms with Crippen molar-refractivity contribution in [3.63, 3.8) is 0 Å². The fourth-order valence-electron chi connectivity index (χ4n) is 2.02. The number of esters is 3. The summed E-state index contributed by atoms with van der Waals surface area (Å²) < 4.78 is 20.1. The Morgan fingerprint density at radius 1 is 0.923 bits per heavy atom. The molecule has 0 bridgehead atoms. The van der Waals surface area contributed by atoms with Gasteiger partial charge in [-0.2, -0.15) is 0 Å². The highest BCUT2D eigenvalue weighted by Gasteiger charge is 2.21. The molecule has 1 aromatic carbocycles. The van der Waals surface area contributed by atoms with Crippen LogP contribution in [0.15, 0.2) is 24.3 Å². The first-order chi connectivity index (χ1) is 12.2. The molecule has 26 heavy (non-hydrogen) atoms. The lowest BCUT2D eigenvalue weighted by atomic mass is 10.2. The summed E-state index contributed by atoms with van der Waals surface area (Å²) in [5.41, 5.74) is -0.172. The van der Waals surface area contributed by atoms with Crippen molar-refractivity contribution in [2.45, 2.75) is 26.4 Å². The summed E-state index contributed by atoms with van der Waals surface area (Å²) in [4.78, 5) is 36.6. The zero-order valence-corrected chi connectivity index (χ0v) is 15.7. The molecule has 0 aliphatic rings. The van der Waals surface area contributed by atoms with Crippen molar-refractivity contribution in [1.29, 1.82) is 0 Å². The summed E-state index contributed by atoms with van der Waals surface area (Å²) in [6, 6.07) is 6.72. The Morgan fingerprint density at radius 2 is 1.46 bits per heavy atom. The number of anilines is 1. The van der Waals surface area contributed by atoms with Gasteiger partial charge in [0, 0.05) is 0 Å². The molecule has 0 aliphatic carbocycles. The molecule has 0 saturated heterocycles. The van der Waals surface area contributed by atoms with Crippen molar-refractivity contribution in [3.8, 4) is 5.75 Å². The molecule has 0 amide bonds. The SMILES string of the molecule is COC(=O)CN(CC(=O)OC)c1ccccc1OCC(=O)OC(C)(C)C. The molecular weight excluding hydrogens is 342 g/mol. The van der Waals surface area contributed by atoms with E-state index in [1.807, 2.05) is 0 Å². The minimum absolute atomic E-state index is 0.182. The molecule has 0 spiro atoms. The Hall–Kier alpha value is -2.77. The van der Waals surface area contributed by atoms with Crippen molar-refractivity contribution >= 4 is 23.6 Å². The maximum Gasteiger partial charge on any atom is 0.344 e. The second-order valence-electron chi connectivity index (χ2n) is 6.35. The topological polar surface area (TPSA) is 91.4 Å². The van der Waals surface area contributed by atoms with Crippen LogP contribution in [-0.2, 0) is 28.6 Å². The lowest BCUT2D eigenvalue weighted by molar-refractivity contribution is -0.157. The van der Waals surface area contributed by atoms with Crippen LogP contribution in [0.2, 0.25) is 0 Å². The number of benzene rings is 1. The maximum atomic E-state index is 11.9. The molecule has 1 rings (SSSR count). The smallest absolute Gasteiger partial charge is 0.344 e. The predicted molar refractivity (Wildman–Crippen MR) is 94.0 cm³/mol. The second kappa shape index (κ2) is 9.65. The molecule has 0 heterocycles. The molecule has 1 aromatic rings. The Morgan fingerprint density at radius 3 is 1.96 bits per heavy atom. The monoisotopic (exact) mass is 367 g/mol. The number of carbonyl (C=O) groups is 3. The van der Waals surface area contributed by atoms with E-state index in [-0.39, 0.29) is 19.7 Å². The number of hydrogen-bond donors (Lipinski definition) is 0. The molecule has 144 valence electrons. The van der Waals surface area contributed by atoms with Crippen LogP contribution in [0.4, 0.5) is 5.69 Å². The number of nitrogens with zero attached hydrogens (tertiary/aromatic N) is 1. The third kappa shape index (κ3) is 7.42. The van der Waals surface area contributed by atoms with Crippen molar-refractivity contribution in [3.05, 3.63) is 24.3 Å². The maximum absolute atomic E-state index is 11.9. The highest BCUT2D eigenvalue weighted by atomic mass is 16.6. The van der Waals surface area contributed by atoms with Crippen LogP contribution in [0.3, 0.4) is 0 Å². The first kappa shape index (κ1) is 21.3. The molecule has 0 radical (unpaired) electrons. The van der Waals surface area contributed by atoms with E-state index in [0.717, 1.165) is 0 Å². The zero-order valence-electron chi connectivity index (χ0n) is 15.7. The largest absolute Gasteiger partial charge is 0.480 e. The molecule has 0 saturated carbocycles. The number of rotatable bonds is 8. The minimum atomic E-state index is -0.623. The van der Waals surface area contributed by atoms with Crippen LogP contribution in [0.1, 0.15) is 20.8 Å². The van der Waals surface area contributed by atoms with Crippen molar-refractivity contribution in [2.24, 2.45) is 0 Å². The van der Waals surface area contributed by atoms with E-state index in [4.69, 9.17) is 9.47 Å². The van der Waals surface area contributed by atoms with Gasteiger partial charge < -0.3 is 23.8 Å². The van der Waals surface area contributed by atoms with Gasteiger partial charge in [-0.15, -0.1) is 0 Å². The average Bonchev–Trinajstić information content (AvgIpc) is 2.57. The van der Waals surface area contributed by atoms with E-state index in [1.54, 1.807) is 45.0 Å². The van der Waals surface area contributed by atoms with Gasteiger partial charge in [0.25, 0.3) is 0 Å². The minimum Gasteiger partial charge on any atom is -0.480 e. The van der Waals surface area contributed by atoms with Crippen molar-refractivity contribution in [2.75, 3.05) is 38.8 Å². The first-order valence-corrected chi connectivity index (χ1v) is 7.98. The molecule has 0 N–H and O–H groups in total. The first-order valence-electron chi connectivity index (χ1n) is 7.98. The fourth-order valence-corrected chi connectivity index (χ4v) is 2.02. The molecule has 0 aliphatic heterocycles. The molecule has 0 unspecified atom stereocenters. The number of carbonyl (C=O) groups excluding carboxylic acids is 3. The molecule has 0 atom stereocenters. The van der Waals surface area contributed by atoms with E-state index < -0.39 is 23.5 Å². The van der Waals surface area contributed by atoms with Gasteiger partial charge in [-0.1, -0.05) is 12.1 Å². The van der Waals surface area contributed by atoms with E-state index in [9.17, 15) is 14.4 Å². The highest BCUT2D eigenvalue weighted by molar-refractivity contribution is 5.82. The third-order valence-corrected chi connectivity index (χ3v) is 3.07. The third-order valence-electron chi connectivity index (χ3n) is 3.07. The van der Waals surface area contributed by atoms with Gasteiger partial charge in [-0.05, 0) is 32.9 Å². The standard InChI is InChI=1S/C18H25NO7/c1-18(2,3)26-17(22)12-25-14-9-7-6-8-13(14)19(10-15(20)23-4)11-16(21)24-5/h6-9H,10-12H2,1-5H3. The van der Waals surface area contributed by atoms with Crippen molar-refractivity contribution < 1.29 is 33.3 Å². The molecular formula is C18H25NO7. The van der Waals surface area contributed by atoms with E-state index in [1.165, 1.54) is 19.1 Å². The quantitative estimate of drug-likeness (QED) is 0.505. The number of hydrogen-bond acceptors (Lipinski definition) is 8. The van der Waals surface area contributed by atoms with Crippen LogP contribution in [0.5, 0.6) is 5.75 Å². The van der Waals surface area contributed by atoms with Gasteiger partial charge in [-0.25, -0.2) is 4.79 Å². The number of methoxy groups -OCH3 is 2.